The molecular formula is C11H11BrN4O2. The van der Waals surface area contributed by atoms with E-state index in [1.165, 1.54) is 6.07 Å². The van der Waals surface area contributed by atoms with Crippen LogP contribution in [-0.2, 0) is 6.54 Å². The second-order valence-electron chi connectivity index (χ2n) is 3.75. The summed E-state index contributed by atoms with van der Waals surface area (Å²) in [6.07, 6.45) is 1.60. The van der Waals surface area contributed by atoms with E-state index < -0.39 is 4.92 Å². The van der Waals surface area contributed by atoms with Crippen molar-refractivity contribution in [2.45, 2.75) is 13.5 Å². The highest BCUT2D eigenvalue weighted by molar-refractivity contribution is 9.10. The van der Waals surface area contributed by atoms with Crippen LogP contribution in [0.1, 0.15) is 11.4 Å². The smallest absolute Gasteiger partial charge is 0.293 e. The van der Waals surface area contributed by atoms with Crippen molar-refractivity contribution in [1.82, 2.24) is 9.97 Å². The molecular weight excluding hydrogens is 300 g/mol. The van der Waals surface area contributed by atoms with Gasteiger partial charge in [-0.15, -0.1) is 0 Å². The number of rotatable bonds is 4. The number of H-pyrrole nitrogens is 1. The van der Waals surface area contributed by atoms with Gasteiger partial charge in [0.25, 0.3) is 5.69 Å². The van der Waals surface area contributed by atoms with E-state index in [1.807, 2.05) is 6.92 Å². The Bertz CT molecular complexity index is 582. The molecule has 18 heavy (non-hydrogen) atoms. The number of hydrogen-bond donors (Lipinski definition) is 2. The number of nitro groups is 1. The molecule has 0 radical (unpaired) electrons. The number of aromatic nitrogens is 2. The monoisotopic (exact) mass is 310 g/mol. The number of imidazole rings is 1. The molecule has 0 aliphatic rings. The highest BCUT2D eigenvalue weighted by Gasteiger charge is 2.14. The maximum Gasteiger partial charge on any atom is 0.293 e. The Morgan fingerprint density at radius 2 is 2.33 bits per heavy atom. The van der Waals surface area contributed by atoms with Crippen LogP contribution in [0.25, 0.3) is 0 Å². The van der Waals surface area contributed by atoms with Crippen LogP contribution in [0.5, 0.6) is 0 Å². The van der Waals surface area contributed by atoms with Crippen LogP contribution in [0.15, 0.2) is 29.0 Å². The summed E-state index contributed by atoms with van der Waals surface area (Å²) in [4.78, 5) is 17.6. The van der Waals surface area contributed by atoms with Crippen LogP contribution in [0.4, 0.5) is 11.4 Å². The molecule has 0 fully saturated rings. The van der Waals surface area contributed by atoms with Crippen molar-refractivity contribution in [2.24, 2.45) is 0 Å². The van der Waals surface area contributed by atoms with E-state index >= 15 is 0 Å². The first-order valence-electron chi connectivity index (χ1n) is 5.24. The van der Waals surface area contributed by atoms with Gasteiger partial charge in [-0.3, -0.25) is 10.1 Å². The zero-order valence-corrected chi connectivity index (χ0v) is 11.2. The molecule has 0 atom stereocenters. The van der Waals surface area contributed by atoms with Gasteiger partial charge >= 0.3 is 0 Å². The quantitative estimate of drug-likeness (QED) is 0.671. The predicted molar refractivity (Wildman–Crippen MR) is 71.4 cm³/mol. The zero-order valence-electron chi connectivity index (χ0n) is 9.61. The molecule has 0 aliphatic carbocycles. The molecule has 0 spiro atoms. The standard InChI is InChI=1S/C11H11BrN4O2/c1-7-10(15-6-14-7)5-13-9-3-2-8(12)4-11(9)16(17)18/h2-4,6,13H,5H2,1H3,(H,14,15). The molecule has 0 saturated carbocycles. The van der Waals surface area contributed by atoms with Crippen molar-refractivity contribution in [3.8, 4) is 0 Å². The maximum absolute atomic E-state index is 10.9. The lowest BCUT2D eigenvalue weighted by atomic mass is 10.2. The highest BCUT2D eigenvalue weighted by Crippen LogP contribution is 2.28. The fraction of sp³-hybridized carbons (Fsp3) is 0.182. The van der Waals surface area contributed by atoms with Crippen molar-refractivity contribution < 1.29 is 4.92 Å². The van der Waals surface area contributed by atoms with Crippen LogP contribution < -0.4 is 5.32 Å². The fourth-order valence-corrected chi connectivity index (χ4v) is 1.90. The average Bonchev–Trinajstić information content (AvgIpc) is 2.73. The molecule has 1 heterocycles. The zero-order chi connectivity index (χ0) is 13.1. The fourth-order valence-electron chi connectivity index (χ4n) is 1.55. The molecule has 2 N–H and O–H groups in total. The van der Waals surface area contributed by atoms with Crippen LogP contribution in [-0.4, -0.2) is 14.9 Å². The number of nitro benzene ring substituents is 1. The number of anilines is 1. The van der Waals surface area contributed by atoms with Crippen LogP contribution in [0.2, 0.25) is 0 Å². The van der Waals surface area contributed by atoms with Gasteiger partial charge in [0.2, 0.25) is 0 Å². The third kappa shape index (κ3) is 2.67. The van der Waals surface area contributed by atoms with Gasteiger partial charge < -0.3 is 10.3 Å². The molecule has 0 bridgehead atoms. The van der Waals surface area contributed by atoms with Crippen LogP contribution >= 0.6 is 15.9 Å². The second kappa shape index (κ2) is 5.18. The van der Waals surface area contributed by atoms with Gasteiger partial charge in [-0.2, -0.15) is 0 Å². The molecule has 0 saturated heterocycles. The minimum absolute atomic E-state index is 0.0394. The summed E-state index contributed by atoms with van der Waals surface area (Å²) in [7, 11) is 0. The number of hydrogen-bond acceptors (Lipinski definition) is 4. The van der Waals surface area contributed by atoms with Crippen LogP contribution in [0.3, 0.4) is 0 Å². The Morgan fingerprint density at radius 3 is 2.94 bits per heavy atom. The summed E-state index contributed by atoms with van der Waals surface area (Å²) in [5.41, 5.74) is 2.30. The summed E-state index contributed by atoms with van der Waals surface area (Å²) in [5.74, 6) is 0. The van der Waals surface area contributed by atoms with Crippen molar-refractivity contribution in [1.29, 1.82) is 0 Å². The third-order valence-corrected chi connectivity index (χ3v) is 3.03. The summed E-state index contributed by atoms with van der Waals surface area (Å²) in [6.45, 7) is 2.35. The van der Waals surface area contributed by atoms with Crippen molar-refractivity contribution >= 4 is 27.3 Å². The lowest BCUT2D eigenvalue weighted by Crippen LogP contribution is -2.04. The Kier molecular flexibility index (Phi) is 3.61. The van der Waals surface area contributed by atoms with Crippen molar-refractivity contribution in [3.63, 3.8) is 0 Å². The van der Waals surface area contributed by atoms with Crippen LogP contribution in [0, 0.1) is 17.0 Å². The SMILES string of the molecule is Cc1[nH]cnc1CNc1ccc(Br)cc1[N+](=O)[O-]. The molecule has 94 valence electrons. The molecule has 1 aromatic carbocycles. The van der Waals surface area contributed by atoms with E-state index in [9.17, 15) is 10.1 Å². The summed E-state index contributed by atoms with van der Waals surface area (Å²) in [5, 5.41) is 13.9. The number of aryl methyl sites for hydroxylation is 1. The third-order valence-electron chi connectivity index (χ3n) is 2.54. The molecule has 0 aliphatic heterocycles. The van der Waals surface area contributed by atoms with Gasteiger partial charge in [-0.25, -0.2) is 4.98 Å². The normalized spacial score (nSPS) is 10.3. The van der Waals surface area contributed by atoms with Crippen molar-refractivity contribution in [3.05, 3.63) is 50.5 Å². The number of aromatic amines is 1. The number of nitrogens with one attached hydrogen (secondary N) is 2. The van der Waals surface area contributed by atoms with E-state index in [0.29, 0.717) is 16.7 Å². The van der Waals surface area contributed by atoms with Gasteiger partial charge in [-0.1, -0.05) is 15.9 Å². The first-order chi connectivity index (χ1) is 8.58. The van der Waals surface area contributed by atoms with E-state index in [4.69, 9.17) is 0 Å². The van der Waals surface area contributed by atoms with E-state index in [2.05, 4.69) is 31.2 Å². The first kappa shape index (κ1) is 12.6. The number of halogens is 1. The average molecular weight is 311 g/mol. The summed E-state index contributed by atoms with van der Waals surface area (Å²) >= 11 is 3.22. The summed E-state index contributed by atoms with van der Waals surface area (Å²) < 4.78 is 0.677. The largest absolute Gasteiger partial charge is 0.374 e. The molecule has 2 aromatic rings. The summed E-state index contributed by atoms with van der Waals surface area (Å²) in [6, 6.07) is 4.90. The molecule has 7 heteroatoms. The Balaban J connectivity index is 2.19. The molecule has 6 nitrogen and oxygen atoms in total. The topological polar surface area (TPSA) is 83.8 Å². The maximum atomic E-state index is 10.9. The molecule has 0 unspecified atom stereocenters. The second-order valence-corrected chi connectivity index (χ2v) is 4.66. The Hall–Kier alpha value is -1.89. The minimum Gasteiger partial charge on any atom is -0.374 e. The number of nitrogens with zero attached hydrogens (tertiary/aromatic N) is 2. The van der Waals surface area contributed by atoms with E-state index in [0.717, 1.165) is 11.4 Å². The van der Waals surface area contributed by atoms with E-state index in [1.54, 1.807) is 18.5 Å². The van der Waals surface area contributed by atoms with Crippen molar-refractivity contribution in [2.75, 3.05) is 5.32 Å². The Morgan fingerprint density at radius 1 is 1.56 bits per heavy atom. The number of benzene rings is 1. The van der Waals surface area contributed by atoms with Gasteiger partial charge in [-0.05, 0) is 19.1 Å². The first-order valence-corrected chi connectivity index (χ1v) is 6.04. The minimum atomic E-state index is -0.412. The lowest BCUT2D eigenvalue weighted by Gasteiger charge is -2.06. The van der Waals surface area contributed by atoms with E-state index in [-0.39, 0.29) is 5.69 Å². The molecule has 0 amide bonds. The molecule has 1 aromatic heterocycles. The Labute approximate surface area is 112 Å². The molecule has 2 rings (SSSR count). The van der Waals surface area contributed by atoms with Gasteiger partial charge in [0.1, 0.15) is 5.69 Å². The van der Waals surface area contributed by atoms with Gasteiger partial charge in [0, 0.05) is 16.2 Å². The predicted octanol–water partition coefficient (Wildman–Crippen LogP) is 3.00. The highest BCUT2D eigenvalue weighted by atomic mass is 79.9. The van der Waals surface area contributed by atoms with Gasteiger partial charge in [0.15, 0.2) is 0 Å². The lowest BCUT2D eigenvalue weighted by molar-refractivity contribution is -0.384. The van der Waals surface area contributed by atoms with Gasteiger partial charge in [0.05, 0.1) is 23.5 Å².